The summed E-state index contributed by atoms with van der Waals surface area (Å²) in [6.45, 7) is 17.1. The van der Waals surface area contributed by atoms with Gasteiger partial charge in [0.05, 0.1) is 24.9 Å². The second kappa shape index (κ2) is 15.1. The van der Waals surface area contributed by atoms with E-state index in [0.29, 0.717) is 37.2 Å². The summed E-state index contributed by atoms with van der Waals surface area (Å²) in [7, 11) is -1.28. The molecule has 11 heteroatoms. The van der Waals surface area contributed by atoms with Crippen LogP contribution in [0, 0.1) is 5.82 Å². The molecule has 0 aliphatic carbocycles. The van der Waals surface area contributed by atoms with Crippen LogP contribution in [-0.2, 0) is 32.3 Å². The summed E-state index contributed by atoms with van der Waals surface area (Å²) in [4.78, 5) is 4.71. The Bertz CT molecular complexity index is 1090. The van der Waals surface area contributed by atoms with Gasteiger partial charge in [0.1, 0.15) is 23.1 Å². The van der Waals surface area contributed by atoms with E-state index >= 15 is 0 Å². The topological polar surface area (TPSA) is 80.6 Å². The maximum atomic E-state index is 13.7. The van der Waals surface area contributed by atoms with Crippen molar-refractivity contribution in [3.8, 4) is 11.4 Å². The number of nitrogens with zero attached hydrogens (tertiary/aromatic N) is 2. The van der Waals surface area contributed by atoms with Crippen LogP contribution in [-0.4, -0.2) is 52.5 Å². The Morgan fingerprint density at radius 1 is 1.17 bits per heavy atom. The number of imidazole rings is 1. The van der Waals surface area contributed by atoms with Gasteiger partial charge in [-0.2, -0.15) is 0 Å². The fourth-order valence-electron chi connectivity index (χ4n) is 4.75. The monoisotopic (exact) mass is 629 g/mol. The number of benzene rings is 1. The molecule has 1 fully saturated rings. The van der Waals surface area contributed by atoms with E-state index in [4.69, 9.17) is 30.8 Å². The lowest BCUT2D eigenvalue weighted by Crippen LogP contribution is -2.42. The molecule has 1 N–H and O–H groups in total. The summed E-state index contributed by atoms with van der Waals surface area (Å²) in [6.07, 6.45) is 5.23. The van der Waals surface area contributed by atoms with Crippen LogP contribution >= 0.6 is 11.6 Å². The maximum Gasteiger partial charge on any atom is 0.168 e. The number of ether oxygens (including phenoxy) is 3. The zero-order valence-corrected chi connectivity index (χ0v) is 28.4. The second-order valence-electron chi connectivity index (χ2n) is 13.0. The Morgan fingerprint density at radius 2 is 1.83 bits per heavy atom. The molecule has 2 aromatic rings. The Hall–Kier alpha value is -0.983. The minimum absolute atomic E-state index is 0.250. The van der Waals surface area contributed by atoms with E-state index < -0.39 is 30.0 Å². The van der Waals surface area contributed by atoms with Gasteiger partial charge in [0.2, 0.25) is 0 Å². The third-order valence-corrected chi connectivity index (χ3v) is 10.9. The number of aromatic nitrogens is 2. The summed E-state index contributed by atoms with van der Waals surface area (Å²) in [5, 5.41) is 0.333. The van der Waals surface area contributed by atoms with Crippen molar-refractivity contribution in [2.24, 2.45) is 0 Å². The lowest BCUT2D eigenvalue weighted by atomic mass is 10.0. The van der Waals surface area contributed by atoms with Gasteiger partial charge in [-0.05, 0) is 70.3 Å². The van der Waals surface area contributed by atoms with Crippen LogP contribution in [0.1, 0.15) is 78.0 Å². The van der Waals surface area contributed by atoms with Crippen LogP contribution in [0.2, 0.25) is 30.8 Å². The molecule has 2 atom stereocenters. The Morgan fingerprint density at radius 3 is 2.41 bits per heavy atom. The lowest BCUT2D eigenvalue weighted by molar-refractivity contribution is -0.164. The quantitative estimate of drug-likeness (QED) is 0.116. The normalized spacial score (nSPS) is 17.2. The standard InChI is InChI=1S/C30H49ClFN3O4SSi/c1-8-30(38-18-19-39-30)17-11-9-10-12-25(34-40(36)29(2,3)4)26-27(31)33-28(23-13-15-24(32)16-14-23)35(26)22-37-20-21-41(5,6)7/h13-16,25,34H,8-12,17-22H2,1-7H3/t25-,40?/m0/s1. The van der Waals surface area contributed by atoms with Crippen LogP contribution in [0.3, 0.4) is 0 Å². The van der Waals surface area contributed by atoms with Crippen LogP contribution in [0.15, 0.2) is 24.3 Å². The summed E-state index contributed by atoms with van der Waals surface area (Å²) in [5.74, 6) is -0.167. The summed E-state index contributed by atoms with van der Waals surface area (Å²) < 4.78 is 49.9. The first-order valence-electron chi connectivity index (χ1n) is 14.8. The van der Waals surface area contributed by atoms with E-state index in [-0.39, 0.29) is 18.6 Å². The van der Waals surface area contributed by atoms with Crippen molar-refractivity contribution in [2.45, 2.75) is 115 Å². The van der Waals surface area contributed by atoms with Gasteiger partial charge < -0.3 is 23.3 Å². The number of hydrogen-bond donors (Lipinski definition) is 1. The smallest absolute Gasteiger partial charge is 0.168 e. The maximum absolute atomic E-state index is 13.7. The molecule has 3 rings (SSSR count). The molecule has 1 aliphatic heterocycles. The highest BCUT2D eigenvalue weighted by atomic mass is 35.5. The largest absolute Gasteiger partial charge is 0.598 e. The molecular formula is C30H49ClFN3O4SSi. The predicted molar refractivity (Wildman–Crippen MR) is 169 cm³/mol. The average Bonchev–Trinajstić information content (AvgIpc) is 3.49. The molecule has 0 radical (unpaired) electrons. The van der Waals surface area contributed by atoms with Gasteiger partial charge in [-0.25, -0.2) is 9.37 Å². The van der Waals surface area contributed by atoms with Crippen LogP contribution in [0.4, 0.5) is 4.39 Å². The molecule has 1 unspecified atom stereocenters. The minimum atomic E-state index is -1.33. The molecule has 232 valence electrons. The fourth-order valence-corrected chi connectivity index (χ4v) is 6.66. The SMILES string of the molecule is CCC1(CCCCC[C@H](N[S+]([O-])C(C)(C)C)c2c(Cl)nc(-c3ccc(F)cc3)n2COCC[Si](C)(C)C)OCCO1. The molecule has 41 heavy (non-hydrogen) atoms. The molecule has 2 heterocycles. The van der Waals surface area contributed by atoms with Gasteiger partial charge in [0, 0.05) is 38.0 Å². The first kappa shape index (κ1) is 34.5. The van der Waals surface area contributed by atoms with Gasteiger partial charge >= 0.3 is 0 Å². The summed E-state index contributed by atoms with van der Waals surface area (Å²) in [5.41, 5.74) is 1.48. The van der Waals surface area contributed by atoms with Gasteiger partial charge in [-0.3, -0.25) is 0 Å². The average molecular weight is 630 g/mol. The van der Waals surface area contributed by atoms with Crippen LogP contribution < -0.4 is 4.72 Å². The van der Waals surface area contributed by atoms with Gasteiger partial charge in [0.25, 0.3) is 0 Å². The summed E-state index contributed by atoms with van der Waals surface area (Å²) in [6, 6.07) is 6.94. The fraction of sp³-hybridized carbons (Fsp3) is 0.700. The van der Waals surface area contributed by atoms with E-state index in [9.17, 15) is 8.94 Å². The lowest BCUT2D eigenvalue weighted by Gasteiger charge is -2.29. The number of hydrogen-bond acceptors (Lipinski definition) is 6. The molecule has 1 aliphatic rings. The van der Waals surface area contributed by atoms with Crippen LogP contribution in [0.25, 0.3) is 11.4 Å². The first-order valence-corrected chi connectivity index (χ1v) is 20.0. The summed E-state index contributed by atoms with van der Waals surface area (Å²) >= 11 is 5.51. The third-order valence-electron chi connectivity index (χ3n) is 7.32. The van der Waals surface area contributed by atoms with Crippen molar-refractivity contribution in [1.82, 2.24) is 14.3 Å². The highest BCUT2D eigenvalue weighted by molar-refractivity contribution is 7.90. The number of unbranched alkanes of at least 4 members (excludes halogenated alkanes) is 2. The molecule has 7 nitrogen and oxygen atoms in total. The molecule has 0 bridgehead atoms. The van der Waals surface area contributed by atoms with Gasteiger partial charge in [-0.1, -0.05) is 51.0 Å². The molecule has 1 aromatic heterocycles. The predicted octanol–water partition coefficient (Wildman–Crippen LogP) is 7.85. The third kappa shape index (κ3) is 10.3. The molecule has 0 saturated carbocycles. The Labute approximate surface area is 255 Å². The van der Waals surface area contributed by atoms with Crippen molar-refractivity contribution in [3.63, 3.8) is 0 Å². The van der Waals surface area contributed by atoms with E-state index in [1.165, 1.54) is 12.1 Å². The minimum Gasteiger partial charge on any atom is -0.598 e. The van der Waals surface area contributed by atoms with E-state index in [2.05, 4.69) is 31.3 Å². The Kier molecular flexibility index (Phi) is 12.7. The van der Waals surface area contributed by atoms with E-state index in [1.54, 1.807) is 12.1 Å². The van der Waals surface area contributed by atoms with Crippen molar-refractivity contribution in [3.05, 3.63) is 40.9 Å². The molecule has 1 aromatic carbocycles. The van der Waals surface area contributed by atoms with Crippen molar-refractivity contribution < 1.29 is 23.2 Å². The number of nitrogens with one attached hydrogen (secondary N) is 1. The van der Waals surface area contributed by atoms with Crippen molar-refractivity contribution >= 4 is 31.0 Å². The molecule has 0 amide bonds. The molecular weight excluding hydrogens is 581 g/mol. The molecule has 1 saturated heterocycles. The first-order chi connectivity index (χ1) is 19.2. The van der Waals surface area contributed by atoms with Crippen LogP contribution in [0.5, 0.6) is 0 Å². The van der Waals surface area contributed by atoms with E-state index in [1.807, 2.05) is 25.3 Å². The highest BCUT2D eigenvalue weighted by Crippen LogP contribution is 2.35. The number of rotatable bonds is 16. The Balaban J connectivity index is 1.85. The van der Waals surface area contributed by atoms with Crippen molar-refractivity contribution in [2.75, 3.05) is 19.8 Å². The van der Waals surface area contributed by atoms with Crippen molar-refractivity contribution in [1.29, 1.82) is 0 Å². The van der Waals surface area contributed by atoms with E-state index in [0.717, 1.165) is 49.4 Å². The zero-order chi connectivity index (χ0) is 30.3. The number of halogens is 2. The second-order valence-corrected chi connectivity index (χ2v) is 21.0. The van der Waals surface area contributed by atoms with Gasteiger partial charge in [0.15, 0.2) is 10.9 Å². The molecule has 0 spiro atoms. The highest BCUT2D eigenvalue weighted by Gasteiger charge is 2.35. The van der Waals surface area contributed by atoms with Gasteiger partial charge in [-0.15, -0.1) is 4.72 Å². The zero-order valence-electron chi connectivity index (χ0n) is 25.9.